The number of hydrogen-bond acceptors (Lipinski definition) is 7. The minimum atomic E-state index is -0.737. The van der Waals surface area contributed by atoms with Crippen LogP contribution in [0.4, 0.5) is 4.39 Å². The Kier molecular flexibility index (Phi) is 4.86. The molecule has 7 nitrogen and oxygen atoms in total. The molecule has 0 aliphatic carbocycles. The van der Waals surface area contributed by atoms with Gasteiger partial charge < -0.3 is 13.8 Å². The quantitative estimate of drug-likeness (QED) is 0.455. The predicted molar refractivity (Wildman–Crippen MR) is 95.8 cm³/mol. The number of benzene rings is 2. The number of aromatic nitrogens is 3. The van der Waals surface area contributed by atoms with E-state index >= 15 is 0 Å². The summed E-state index contributed by atoms with van der Waals surface area (Å²) in [5.74, 6) is -0.859. The summed E-state index contributed by atoms with van der Waals surface area (Å²) in [6.07, 6.45) is 0. The maximum absolute atomic E-state index is 13.0. The van der Waals surface area contributed by atoms with Gasteiger partial charge >= 0.3 is 5.97 Å². The number of ether oxygens (including phenoxy) is 1. The minimum absolute atomic E-state index is 0.0860. The van der Waals surface area contributed by atoms with E-state index in [1.807, 2.05) is 0 Å². The Balaban J connectivity index is 1.41. The molecule has 0 amide bonds. The molecular weight excluding hydrogens is 389 g/mol. The Hall–Kier alpha value is -3.52. The molecule has 9 heteroatoms. The largest absolute Gasteiger partial charge is 0.451 e. The number of rotatable bonds is 5. The smallest absolute Gasteiger partial charge is 0.377 e. The molecule has 0 saturated carbocycles. The molecular formula is C19H11ClFN3O4. The van der Waals surface area contributed by atoms with Crippen LogP contribution in [0.1, 0.15) is 16.4 Å². The second-order valence-electron chi connectivity index (χ2n) is 5.66. The second kappa shape index (κ2) is 7.61. The van der Waals surface area contributed by atoms with E-state index in [-0.39, 0.29) is 29.9 Å². The molecule has 0 bridgehead atoms. The highest BCUT2D eigenvalue weighted by Gasteiger charge is 2.18. The zero-order valence-corrected chi connectivity index (χ0v) is 14.9. The average molecular weight is 400 g/mol. The number of carbonyl (C=O) groups is 1. The van der Waals surface area contributed by atoms with Gasteiger partial charge in [0.05, 0.1) is 5.02 Å². The van der Waals surface area contributed by atoms with Gasteiger partial charge in [-0.1, -0.05) is 40.1 Å². The standard InChI is InChI=1S/C19H11ClFN3O4/c20-14-4-2-1-3-13(14)15-9-16(27-23-15)19(25)26-10-17-22-18(28-24-17)11-5-7-12(21)8-6-11/h1-9H,10H2. The number of hydrogen-bond donors (Lipinski definition) is 0. The van der Waals surface area contributed by atoms with Crippen LogP contribution in [0.15, 0.2) is 63.6 Å². The van der Waals surface area contributed by atoms with Crippen molar-refractivity contribution in [3.63, 3.8) is 0 Å². The Bertz CT molecular complexity index is 1120. The summed E-state index contributed by atoms with van der Waals surface area (Å²) >= 11 is 6.10. The minimum Gasteiger partial charge on any atom is -0.451 e. The van der Waals surface area contributed by atoms with Gasteiger partial charge in [-0.25, -0.2) is 9.18 Å². The maximum atomic E-state index is 13.0. The molecule has 0 aliphatic heterocycles. The van der Waals surface area contributed by atoms with E-state index in [0.717, 1.165) is 0 Å². The van der Waals surface area contributed by atoms with Crippen LogP contribution >= 0.6 is 11.6 Å². The summed E-state index contributed by atoms with van der Waals surface area (Å²) in [6.45, 7) is -0.231. The van der Waals surface area contributed by atoms with Gasteiger partial charge in [-0.15, -0.1) is 0 Å². The third-order valence-corrected chi connectivity index (χ3v) is 4.08. The highest BCUT2D eigenvalue weighted by atomic mass is 35.5. The molecule has 0 unspecified atom stereocenters. The van der Waals surface area contributed by atoms with Crippen molar-refractivity contribution >= 4 is 17.6 Å². The molecule has 28 heavy (non-hydrogen) atoms. The summed E-state index contributed by atoms with van der Waals surface area (Å²) in [5.41, 5.74) is 1.59. The molecule has 0 saturated heterocycles. The first-order valence-electron chi connectivity index (χ1n) is 8.07. The normalized spacial score (nSPS) is 10.8. The van der Waals surface area contributed by atoms with Crippen molar-refractivity contribution in [1.29, 1.82) is 0 Å². The second-order valence-corrected chi connectivity index (χ2v) is 6.06. The fourth-order valence-electron chi connectivity index (χ4n) is 2.39. The summed E-state index contributed by atoms with van der Waals surface area (Å²) in [6, 6.07) is 14.0. The van der Waals surface area contributed by atoms with Crippen LogP contribution in [-0.4, -0.2) is 21.3 Å². The number of halogens is 2. The van der Waals surface area contributed by atoms with E-state index in [2.05, 4.69) is 15.3 Å². The van der Waals surface area contributed by atoms with E-state index in [1.54, 1.807) is 24.3 Å². The Labute approximate surface area is 162 Å². The van der Waals surface area contributed by atoms with Crippen molar-refractivity contribution in [2.24, 2.45) is 0 Å². The third kappa shape index (κ3) is 3.77. The van der Waals surface area contributed by atoms with Crippen molar-refractivity contribution in [3.05, 3.63) is 77.0 Å². The number of esters is 1. The first-order valence-corrected chi connectivity index (χ1v) is 8.45. The van der Waals surface area contributed by atoms with Crippen molar-refractivity contribution in [1.82, 2.24) is 15.3 Å². The Morgan fingerprint density at radius 1 is 1.07 bits per heavy atom. The van der Waals surface area contributed by atoms with Gasteiger partial charge in [0, 0.05) is 17.2 Å². The van der Waals surface area contributed by atoms with E-state index in [9.17, 15) is 9.18 Å². The molecule has 0 radical (unpaired) electrons. The van der Waals surface area contributed by atoms with Crippen LogP contribution in [0.25, 0.3) is 22.7 Å². The van der Waals surface area contributed by atoms with E-state index in [4.69, 9.17) is 25.4 Å². The van der Waals surface area contributed by atoms with Crippen LogP contribution < -0.4 is 0 Å². The van der Waals surface area contributed by atoms with Gasteiger partial charge in [-0.3, -0.25) is 0 Å². The van der Waals surface area contributed by atoms with Gasteiger partial charge in [-0.05, 0) is 30.3 Å². The topological polar surface area (TPSA) is 91.2 Å². The van der Waals surface area contributed by atoms with Crippen molar-refractivity contribution in [2.75, 3.05) is 0 Å². The van der Waals surface area contributed by atoms with Crippen LogP contribution in [0.3, 0.4) is 0 Å². The van der Waals surface area contributed by atoms with Crippen LogP contribution in [0.5, 0.6) is 0 Å². The average Bonchev–Trinajstić information content (AvgIpc) is 3.37. The molecule has 0 N–H and O–H groups in total. The fraction of sp³-hybridized carbons (Fsp3) is 0.0526. The van der Waals surface area contributed by atoms with Gasteiger partial charge in [0.25, 0.3) is 5.89 Å². The lowest BCUT2D eigenvalue weighted by Gasteiger charge is -1.98. The predicted octanol–water partition coefficient (Wildman–Crippen LogP) is 4.54. The van der Waals surface area contributed by atoms with Crippen LogP contribution in [0.2, 0.25) is 5.02 Å². The molecule has 2 aromatic heterocycles. The number of carbonyl (C=O) groups excluding carboxylic acids is 1. The van der Waals surface area contributed by atoms with Gasteiger partial charge in [0.15, 0.2) is 6.61 Å². The molecule has 4 rings (SSSR count). The Morgan fingerprint density at radius 3 is 2.64 bits per heavy atom. The molecule has 2 aromatic carbocycles. The first-order chi connectivity index (χ1) is 13.6. The molecule has 140 valence electrons. The molecule has 4 aromatic rings. The molecule has 2 heterocycles. The monoisotopic (exact) mass is 399 g/mol. The zero-order chi connectivity index (χ0) is 19.5. The van der Waals surface area contributed by atoms with Crippen LogP contribution in [0, 0.1) is 5.82 Å². The highest BCUT2D eigenvalue weighted by molar-refractivity contribution is 6.33. The van der Waals surface area contributed by atoms with Crippen molar-refractivity contribution in [3.8, 4) is 22.7 Å². The summed E-state index contributed by atoms with van der Waals surface area (Å²) in [4.78, 5) is 16.2. The molecule has 0 atom stereocenters. The van der Waals surface area contributed by atoms with E-state index in [0.29, 0.717) is 21.8 Å². The highest BCUT2D eigenvalue weighted by Crippen LogP contribution is 2.27. The van der Waals surface area contributed by atoms with Crippen molar-refractivity contribution in [2.45, 2.75) is 6.61 Å². The lowest BCUT2D eigenvalue weighted by Crippen LogP contribution is -2.05. The summed E-state index contributed by atoms with van der Waals surface area (Å²) < 4.78 is 28.2. The van der Waals surface area contributed by atoms with Gasteiger partial charge in [0.2, 0.25) is 11.6 Å². The van der Waals surface area contributed by atoms with E-state index < -0.39 is 5.97 Å². The zero-order valence-electron chi connectivity index (χ0n) is 14.1. The first kappa shape index (κ1) is 17.9. The fourth-order valence-corrected chi connectivity index (χ4v) is 2.62. The maximum Gasteiger partial charge on any atom is 0.377 e. The van der Waals surface area contributed by atoms with E-state index in [1.165, 1.54) is 30.3 Å². The molecule has 0 fully saturated rings. The Morgan fingerprint density at radius 2 is 1.86 bits per heavy atom. The lowest BCUT2D eigenvalue weighted by atomic mass is 10.1. The van der Waals surface area contributed by atoms with Crippen LogP contribution in [-0.2, 0) is 11.3 Å². The molecule has 0 spiro atoms. The summed E-state index contributed by atoms with van der Waals surface area (Å²) in [5, 5.41) is 8.04. The lowest BCUT2D eigenvalue weighted by molar-refractivity contribution is 0.0413. The van der Waals surface area contributed by atoms with Gasteiger partial charge in [-0.2, -0.15) is 4.98 Å². The van der Waals surface area contributed by atoms with Crippen molar-refractivity contribution < 1.29 is 23.0 Å². The SMILES string of the molecule is O=C(OCc1noc(-c2ccc(F)cc2)n1)c1cc(-c2ccccc2Cl)no1. The summed E-state index contributed by atoms with van der Waals surface area (Å²) in [7, 11) is 0. The molecule has 0 aliphatic rings. The third-order valence-electron chi connectivity index (χ3n) is 3.75. The number of nitrogens with zero attached hydrogens (tertiary/aromatic N) is 3. The van der Waals surface area contributed by atoms with Gasteiger partial charge in [0.1, 0.15) is 11.5 Å².